The first-order chi connectivity index (χ1) is 40.5. The Kier molecular flexibility index (Phi) is 35.6. The van der Waals surface area contributed by atoms with Crippen LogP contribution in [0.3, 0.4) is 0 Å². The molecule has 0 saturated carbocycles. The van der Waals surface area contributed by atoms with E-state index in [1.807, 2.05) is 12.1 Å². The number of nitrogens with zero attached hydrogens (tertiary/aromatic N) is 6. The number of azo groups is 2. The molecule has 20 nitrogen and oxygen atoms in total. The average molecular weight is 1160 g/mol. The molecule has 2 aromatic carbocycles. The van der Waals surface area contributed by atoms with Crippen LogP contribution in [0.2, 0.25) is 0 Å². The number of unbranched alkanes of at least 4 members (excludes halogenated alkanes) is 4. The van der Waals surface area contributed by atoms with Crippen LogP contribution < -0.4 is 31.9 Å². The van der Waals surface area contributed by atoms with Gasteiger partial charge in [0.15, 0.2) is 11.4 Å². The SMILES string of the molecule is CCCCC(CC)CNC(=O)c1cc(N=N/C(C(=O)NCCNC(=O)/C(N=Nc2cc(C(=O)NCC(CC)CCCC)cc(C(=O)NCC(CC)CCCC)c2)=C(/C)C(C#N)C=O)=C(\C)C(C#N)C=O)cc(C(=O)NCC(CC)CCCC)c1. The Morgan fingerprint density at radius 1 is 0.440 bits per heavy atom. The quantitative estimate of drug-likeness (QED) is 0.0158. The van der Waals surface area contributed by atoms with Gasteiger partial charge in [0.05, 0.1) is 23.5 Å². The number of hydrogen-bond acceptors (Lipinski definition) is 14. The maximum atomic E-state index is 14.0. The van der Waals surface area contributed by atoms with Gasteiger partial charge in [-0.05, 0) is 111 Å². The van der Waals surface area contributed by atoms with E-state index in [9.17, 15) is 48.9 Å². The number of carbonyl (C=O) groups excluding carboxylic acids is 8. The van der Waals surface area contributed by atoms with E-state index in [0.717, 1.165) is 103 Å². The van der Waals surface area contributed by atoms with Gasteiger partial charge in [0.1, 0.15) is 24.4 Å². The monoisotopic (exact) mass is 1160 g/mol. The van der Waals surface area contributed by atoms with Gasteiger partial charge < -0.3 is 41.5 Å². The summed E-state index contributed by atoms with van der Waals surface area (Å²) in [5.41, 5.74) is -0.401. The highest BCUT2D eigenvalue weighted by atomic mass is 16.2. The summed E-state index contributed by atoms with van der Waals surface area (Å²) >= 11 is 0. The largest absolute Gasteiger partial charge is 0.352 e. The lowest BCUT2D eigenvalue weighted by Crippen LogP contribution is -2.36. The number of carbonyl (C=O) groups is 8. The molecule has 0 fully saturated rings. The Morgan fingerprint density at radius 2 is 0.702 bits per heavy atom. The number of benzene rings is 2. The molecule has 2 rings (SSSR count). The van der Waals surface area contributed by atoms with Gasteiger partial charge >= 0.3 is 0 Å². The highest BCUT2D eigenvalue weighted by Crippen LogP contribution is 2.26. The zero-order valence-corrected chi connectivity index (χ0v) is 51.6. The Hall–Kier alpha value is -7.74. The van der Waals surface area contributed by atoms with E-state index in [1.165, 1.54) is 50.2 Å². The van der Waals surface area contributed by atoms with Crippen molar-refractivity contribution in [3.8, 4) is 12.1 Å². The molecule has 0 heterocycles. The van der Waals surface area contributed by atoms with Crippen LogP contribution in [-0.4, -0.2) is 87.3 Å². The molecule has 0 aliphatic rings. The Balaban J connectivity index is 2.57. The number of aldehydes is 2. The predicted molar refractivity (Wildman–Crippen MR) is 326 cm³/mol. The van der Waals surface area contributed by atoms with E-state index in [2.05, 4.69) is 108 Å². The molecule has 0 aliphatic carbocycles. The third kappa shape index (κ3) is 25.4. The summed E-state index contributed by atoms with van der Waals surface area (Å²) in [5, 5.41) is 53.8. The maximum absolute atomic E-state index is 14.0. The summed E-state index contributed by atoms with van der Waals surface area (Å²) in [6.45, 7) is 20.5. The van der Waals surface area contributed by atoms with Gasteiger partial charge in [-0.1, -0.05) is 132 Å². The molecule has 6 N–H and O–H groups in total. The fourth-order valence-corrected chi connectivity index (χ4v) is 9.09. The van der Waals surface area contributed by atoms with E-state index in [-0.39, 0.29) is 81.5 Å². The molecule has 2 aromatic rings. The van der Waals surface area contributed by atoms with Crippen molar-refractivity contribution >= 4 is 59.4 Å². The van der Waals surface area contributed by atoms with Gasteiger partial charge in [-0.25, -0.2) is 0 Å². The fourth-order valence-electron chi connectivity index (χ4n) is 9.09. The van der Waals surface area contributed by atoms with Crippen molar-refractivity contribution in [3.63, 3.8) is 0 Å². The van der Waals surface area contributed by atoms with Crippen molar-refractivity contribution in [1.82, 2.24) is 31.9 Å². The molecule has 458 valence electrons. The van der Waals surface area contributed by atoms with Crippen LogP contribution in [-0.2, 0) is 19.2 Å². The lowest BCUT2D eigenvalue weighted by Gasteiger charge is -2.17. The third-order valence-corrected chi connectivity index (χ3v) is 15.2. The molecule has 0 aromatic heterocycles. The molecule has 84 heavy (non-hydrogen) atoms. The molecule has 0 saturated heterocycles. The van der Waals surface area contributed by atoms with Gasteiger partial charge in [0.2, 0.25) is 0 Å². The second kappa shape index (κ2) is 41.3. The first kappa shape index (κ1) is 72.4. The van der Waals surface area contributed by atoms with Crippen molar-refractivity contribution in [2.75, 3.05) is 39.3 Å². The standard InChI is InChI=1S/C64H94N12O8/c1-11-19-23-45(15-5)37-69-59(79)49-29-50(60(80)70-38-46(16-6)24-20-12-2)32-55(31-49)73-75-57(43(9)53(35-65)41-77)63(83)67-27-28-68-64(84)58(44(10)54(36-66)42-78)76-74-56-33-51(61(81)71-39-47(17-7)25-21-13-3)30-52(34-56)62(82)72-40-48(18-8)26-22-14-4/h29-34,41-42,45-48,53-54H,11-28,37-40H2,1-10H3,(H,67,83)(H,68,84)(H,69,79)(H,70,80)(H,71,81)(H,72,82)/b57-43+,58-44+,75-73?,76-74?. The molecule has 0 bridgehead atoms. The molecular weight excluding hydrogens is 1060 g/mol. The summed E-state index contributed by atoms with van der Waals surface area (Å²) in [5.74, 6) is -5.39. The number of hydrogen-bond donors (Lipinski definition) is 6. The lowest BCUT2D eigenvalue weighted by molar-refractivity contribution is -0.119. The van der Waals surface area contributed by atoms with Crippen LogP contribution in [0.1, 0.15) is 213 Å². The van der Waals surface area contributed by atoms with Gasteiger partial charge in [-0.15, -0.1) is 10.2 Å². The van der Waals surface area contributed by atoms with Crippen molar-refractivity contribution in [2.24, 2.45) is 56.0 Å². The number of nitriles is 2. The van der Waals surface area contributed by atoms with E-state index in [4.69, 9.17) is 0 Å². The number of nitrogens with one attached hydrogen (secondary N) is 6. The molecule has 6 amide bonds. The highest BCUT2D eigenvalue weighted by Gasteiger charge is 2.24. The molecule has 0 aliphatic heterocycles. The summed E-state index contributed by atoms with van der Waals surface area (Å²) in [7, 11) is 0. The molecule has 0 radical (unpaired) electrons. The lowest BCUT2D eigenvalue weighted by atomic mass is 9.99. The van der Waals surface area contributed by atoms with Crippen LogP contribution in [0.5, 0.6) is 0 Å². The predicted octanol–water partition coefficient (Wildman–Crippen LogP) is 11.8. The minimum atomic E-state index is -1.42. The topological polar surface area (TPSA) is 306 Å². The van der Waals surface area contributed by atoms with Gasteiger partial charge in [-0.2, -0.15) is 20.8 Å². The molecular formula is C64H94N12O8. The molecule has 0 spiro atoms. The fraction of sp³-hybridized carbons (Fsp3) is 0.594. The van der Waals surface area contributed by atoms with Crippen molar-refractivity contribution < 1.29 is 38.4 Å². The van der Waals surface area contributed by atoms with Crippen LogP contribution in [0.15, 0.2) is 79.4 Å². The third-order valence-electron chi connectivity index (χ3n) is 15.2. The summed E-state index contributed by atoms with van der Waals surface area (Å²) in [6.07, 6.45) is 16.0. The highest BCUT2D eigenvalue weighted by molar-refractivity contribution is 6.02. The van der Waals surface area contributed by atoms with E-state index in [0.29, 0.717) is 38.8 Å². The average Bonchev–Trinajstić information content (AvgIpc) is 3.67. The minimum Gasteiger partial charge on any atom is -0.352 e. The van der Waals surface area contributed by atoms with Gasteiger partial charge in [0, 0.05) is 61.5 Å². The van der Waals surface area contributed by atoms with Crippen LogP contribution >= 0.6 is 0 Å². The maximum Gasteiger partial charge on any atom is 0.271 e. The Morgan fingerprint density at radius 3 is 0.917 bits per heavy atom. The van der Waals surface area contributed by atoms with Crippen LogP contribution in [0.4, 0.5) is 11.4 Å². The van der Waals surface area contributed by atoms with Crippen LogP contribution in [0, 0.1) is 58.2 Å². The first-order valence-corrected chi connectivity index (χ1v) is 30.4. The van der Waals surface area contributed by atoms with Crippen molar-refractivity contribution in [3.05, 3.63) is 81.2 Å². The molecule has 20 heteroatoms. The van der Waals surface area contributed by atoms with Crippen molar-refractivity contribution in [2.45, 2.75) is 172 Å². The summed E-state index contributed by atoms with van der Waals surface area (Å²) in [4.78, 5) is 107. The number of amides is 6. The molecule has 6 unspecified atom stereocenters. The van der Waals surface area contributed by atoms with Gasteiger partial charge in [0.25, 0.3) is 35.4 Å². The summed E-state index contributed by atoms with van der Waals surface area (Å²) < 4.78 is 0. The molecule has 6 atom stereocenters. The second-order valence-corrected chi connectivity index (χ2v) is 21.5. The number of allylic oxidation sites excluding steroid dienone is 2. The first-order valence-electron chi connectivity index (χ1n) is 30.4. The zero-order chi connectivity index (χ0) is 62.4. The summed E-state index contributed by atoms with van der Waals surface area (Å²) in [6, 6.07) is 12.3. The number of rotatable bonds is 41. The van der Waals surface area contributed by atoms with E-state index < -0.39 is 58.7 Å². The van der Waals surface area contributed by atoms with Gasteiger partial charge in [-0.3, -0.25) is 28.8 Å². The Bertz CT molecular complexity index is 2420. The normalized spacial score (nSPS) is 14.0. The smallest absolute Gasteiger partial charge is 0.271 e. The minimum absolute atomic E-state index is 0.0315. The zero-order valence-electron chi connectivity index (χ0n) is 51.6. The van der Waals surface area contributed by atoms with E-state index >= 15 is 0 Å². The van der Waals surface area contributed by atoms with E-state index in [1.54, 1.807) is 0 Å². The van der Waals surface area contributed by atoms with Crippen LogP contribution in [0.25, 0.3) is 0 Å². The van der Waals surface area contributed by atoms with Crippen molar-refractivity contribution in [1.29, 1.82) is 10.5 Å². The Labute approximate surface area is 498 Å². The second-order valence-electron chi connectivity index (χ2n) is 21.5.